The average molecular weight is 844 g/mol. The van der Waals surface area contributed by atoms with E-state index >= 15 is 0 Å². The number of alkyl halides is 9. The molecule has 0 fully saturated rings. The minimum Gasteiger partial charge on any atom is -0.0552 e. The van der Waals surface area contributed by atoms with Gasteiger partial charge in [-0.25, -0.2) is 0 Å². The van der Waals surface area contributed by atoms with Gasteiger partial charge in [0.1, 0.15) is 0 Å². The molecule has 0 bridgehead atoms. The molecule has 0 N–H and O–H groups in total. The lowest BCUT2D eigenvalue weighted by atomic mass is 10.00. The van der Waals surface area contributed by atoms with Crippen LogP contribution >= 0.6 is 143 Å². The minimum absolute atomic E-state index is 0.462. The summed E-state index contributed by atoms with van der Waals surface area (Å²) >= 11 is 32.2. The molecule has 0 spiro atoms. The summed E-state index contributed by atoms with van der Waals surface area (Å²) < 4.78 is -1.49. The number of hydrogen-bond acceptors (Lipinski definition) is 0. The van der Waals surface area contributed by atoms with Crippen molar-refractivity contribution in [1.82, 2.24) is 0 Å². The lowest BCUT2D eigenvalue weighted by Crippen LogP contribution is -2.15. The summed E-state index contributed by atoms with van der Waals surface area (Å²) in [7, 11) is 0. The number of hydrogen-bond donors (Lipinski definition) is 0. The highest BCUT2D eigenvalue weighted by Crippen LogP contribution is 2.57. The fraction of sp³-hybridized carbons (Fsp3) is 0.400. The molecular weight excluding hydrogens is 839 g/mol. The van der Waals surface area contributed by atoms with E-state index in [1.807, 2.05) is 12.1 Å². The Balaban J connectivity index is 3.71. The normalized spacial score (nSPS) is 13.8. The first-order chi connectivity index (χ1) is 8.26. The molecule has 1 rings (SSSR count). The van der Waals surface area contributed by atoms with Gasteiger partial charge in [-0.05, 0) is 29.2 Å². The molecule has 9 heteroatoms. The number of halogens is 9. The van der Waals surface area contributed by atoms with Crippen LogP contribution in [0.5, 0.6) is 0 Å². The summed E-state index contributed by atoms with van der Waals surface area (Å²) in [6.07, 6.45) is 0. The predicted octanol–water partition coefficient (Wildman–Crippen LogP) is 8.88. The topological polar surface area (TPSA) is 0 Å². The molecule has 0 aliphatic rings. The Morgan fingerprint density at radius 3 is 1.32 bits per heavy atom. The van der Waals surface area contributed by atoms with Crippen molar-refractivity contribution in [3.63, 3.8) is 0 Å². The fourth-order valence-corrected chi connectivity index (χ4v) is 5.43. The zero-order valence-electron chi connectivity index (χ0n) is 9.06. The second-order valence-corrected chi connectivity index (χ2v) is 23.9. The first-order valence-electron chi connectivity index (χ1n) is 4.61. The van der Waals surface area contributed by atoms with Crippen LogP contribution in [0.25, 0.3) is 0 Å². The lowest BCUT2D eigenvalue weighted by Gasteiger charge is -2.28. The summed E-state index contributed by atoms with van der Waals surface area (Å²) in [5.74, 6) is 0. The zero-order valence-corrected chi connectivity index (χ0v) is 23.3. The highest BCUT2D eigenvalue weighted by atomic mass is 80.0. The largest absolute Gasteiger partial charge is 0.160 e. The Bertz CT molecular complexity index is 475. The van der Waals surface area contributed by atoms with E-state index in [9.17, 15) is 0 Å². The van der Waals surface area contributed by atoms with Crippen molar-refractivity contribution in [1.29, 1.82) is 0 Å². The predicted molar refractivity (Wildman–Crippen MR) is 117 cm³/mol. The molecule has 1 aromatic carbocycles. The van der Waals surface area contributed by atoms with Crippen LogP contribution in [0.1, 0.15) is 22.3 Å². The van der Waals surface area contributed by atoms with E-state index in [0.29, 0.717) is 0 Å². The van der Waals surface area contributed by atoms with Gasteiger partial charge in [0.05, 0.1) is 0 Å². The molecule has 0 radical (unpaired) electrons. The first kappa shape index (κ1) is 20.6. The van der Waals surface area contributed by atoms with E-state index in [1.165, 1.54) is 0 Å². The second-order valence-electron chi connectivity index (χ2n) is 3.65. The van der Waals surface area contributed by atoms with Crippen molar-refractivity contribution in [3.05, 3.63) is 34.4 Å². The van der Waals surface area contributed by atoms with Crippen molar-refractivity contribution in [3.8, 4) is 0 Å². The van der Waals surface area contributed by atoms with Gasteiger partial charge in [0.25, 0.3) is 0 Å². The monoisotopic (exact) mass is 835 g/mol. The first-order valence-corrected chi connectivity index (χ1v) is 11.7. The average Bonchev–Trinajstić information content (AvgIpc) is 2.11. The van der Waals surface area contributed by atoms with Crippen LogP contribution in [-0.2, 0) is 6.43 Å². The highest BCUT2D eigenvalue weighted by molar-refractivity contribution is 9.39. The van der Waals surface area contributed by atoms with Crippen LogP contribution in [0.2, 0.25) is 0 Å². The quantitative estimate of drug-likeness (QED) is 0.229. The fourth-order valence-electron chi connectivity index (χ4n) is 1.62. The molecule has 0 aromatic heterocycles. The molecule has 19 heavy (non-hydrogen) atoms. The summed E-state index contributed by atoms with van der Waals surface area (Å²) in [5.41, 5.74) is 4.27. The Morgan fingerprint density at radius 2 is 1.00 bits per heavy atom. The van der Waals surface area contributed by atoms with E-state index in [0.717, 1.165) is 22.3 Å². The second kappa shape index (κ2) is 7.19. The SMILES string of the molecule is Cc1c(C(Br)(Br)Br)ccc(C(Br)(Br)Br)c1C(Br)(Br)Br. The van der Waals surface area contributed by atoms with Crippen LogP contribution in [0.15, 0.2) is 12.1 Å². The van der Waals surface area contributed by atoms with E-state index in [2.05, 4.69) is 150 Å². The Kier molecular flexibility index (Phi) is 7.79. The van der Waals surface area contributed by atoms with Crippen molar-refractivity contribution >= 4 is 143 Å². The molecule has 0 heterocycles. The van der Waals surface area contributed by atoms with Crippen molar-refractivity contribution in [2.45, 2.75) is 13.4 Å². The zero-order chi connectivity index (χ0) is 15.2. The van der Waals surface area contributed by atoms with Gasteiger partial charge in [-0.1, -0.05) is 156 Å². The van der Waals surface area contributed by atoms with E-state index in [4.69, 9.17) is 0 Å². The smallest absolute Gasteiger partial charge is 0.0552 e. The molecule has 0 saturated heterocycles. The van der Waals surface area contributed by atoms with Gasteiger partial charge in [-0.3, -0.25) is 0 Å². The van der Waals surface area contributed by atoms with E-state index in [1.54, 1.807) is 0 Å². The molecule has 0 nitrogen and oxygen atoms in total. The minimum atomic E-state index is -0.527. The molecule has 1 aromatic rings. The van der Waals surface area contributed by atoms with Crippen molar-refractivity contribution in [2.75, 3.05) is 0 Å². The Morgan fingerprint density at radius 1 is 0.632 bits per heavy atom. The van der Waals surface area contributed by atoms with Crippen molar-refractivity contribution in [2.24, 2.45) is 0 Å². The van der Waals surface area contributed by atoms with Gasteiger partial charge >= 0.3 is 0 Å². The van der Waals surface area contributed by atoms with Gasteiger partial charge < -0.3 is 0 Å². The molecule has 108 valence electrons. The summed E-state index contributed by atoms with van der Waals surface area (Å²) in [5, 5.41) is 0. The third-order valence-corrected chi connectivity index (χ3v) is 6.11. The molecule has 0 aliphatic heterocycles. The standard InChI is InChI=1S/C10H5Br9/c1-4-5(8(11,12)13)2-3-6(9(14,15)16)7(4)10(17,18)19/h2-3H,1H3. The van der Waals surface area contributed by atoms with Gasteiger partial charge in [-0.15, -0.1) is 0 Å². The Hall–Kier alpha value is 3.54. The van der Waals surface area contributed by atoms with Gasteiger partial charge in [-0.2, -0.15) is 0 Å². The third-order valence-electron chi connectivity index (χ3n) is 2.36. The van der Waals surface area contributed by atoms with Gasteiger partial charge in [0.15, 0.2) is 6.43 Å². The van der Waals surface area contributed by atoms with Crippen LogP contribution < -0.4 is 0 Å². The molecule has 0 aliphatic carbocycles. The molecule has 0 amide bonds. The van der Waals surface area contributed by atoms with Gasteiger partial charge in [0, 0.05) is 0 Å². The highest BCUT2D eigenvalue weighted by Gasteiger charge is 2.36. The molecule has 0 unspecified atom stereocenters. The summed E-state index contributed by atoms with van der Waals surface area (Å²) in [6, 6.07) is 4.08. The lowest BCUT2D eigenvalue weighted by molar-refractivity contribution is 1.14. The maximum atomic E-state index is 3.61. The third kappa shape index (κ3) is 5.54. The van der Waals surface area contributed by atoms with E-state index < -0.39 is 6.43 Å². The summed E-state index contributed by atoms with van der Waals surface area (Å²) in [6.45, 7) is 2.06. The van der Waals surface area contributed by atoms with Crippen LogP contribution in [0.3, 0.4) is 0 Å². The molecular formula is C10H5Br9. The summed E-state index contributed by atoms with van der Waals surface area (Å²) in [4.78, 5) is 0. The van der Waals surface area contributed by atoms with Crippen LogP contribution in [0, 0.1) is 6.92 Å². The maximum absolute atomic E-state index is 3.61. The van der Waals surface area contributed by atoms with Crippen LogP contribution in [0.4, 0.5) is 0 Å². The number of benzene rings is 1. The molecule has 0 atom stereocenters. The maximum Gasteiger partial charge on any atom is 0.160 e. The Labute approximate surface area is 188 Å². The van der Waals surface area contributed by atoms with Gasteiger partial charge in [0.2, 0.25) is 0 Å². The van der Waals surface area contributed by atoms with Crippen molar-refractivity contribution < 1.29 is 0 Å². The van der Waals surface area contributed by atoms with E-state index in [-0.39, 0.29) is 0 Å². The molecule has 0 saturated carbocycles. The number of rotatable bonds is 0. The van der Waals surface area contributed by atoms with Crippen LogP contribution in [-0.4, -0.2) is 0 Å².